The van der Waals surface area contributed by atoms with Crippen molar-refractivity contribution in [1.29, 1.82) is 0 Å². The fourth-order valence-corrected chi connectivity index (χ4v) is 22.4. The molecule has 8 amide bonds. The number of carboxylic acids is 4. The van der Waals surface area contributed by atoms with Crippen molar-refractivity contribution in [3.63, 3.8) is 0 Å². The molecule has 15 rings (SSSR count). The minimum atomic E-state index is -1.06. The van der Waals surface area contributed by atoms with Gasteiger partial charge in [0.25, 0.3) is 11.8 Å². The molecule has 109 heavy (non-hydrogen) atoms. The van der Waals surface area contributed by atoms with Crippen molar-refractivity contribution < 1.29 is 87.2 Å². The van der Waals surface area contributed by atoms with Crippen molar-refractivity contribution in [1.82, 2.24) is 50.9 Å². The predicted octanol–water partition coefficient (Wildman–Crippen LogP) is 6.76. The third-order valence-electron chi connectivity index (χ3n) is 20.6. The standard InChI is InChI=1S/C21H22N2O5S.C19H18ClN3O5S.C19H23N3O4S.C16H19N3O4S/c1-4-28-13-10-9-11-7-5-6-8-12(11)14(13)17(24)22-15-18(25)23-16(20(26)27)21(2,3)29-19(15)23;1-8-11(12(22-28-8)9-6-4-5-7-10(9)20)15(24)21-13-16(25)23-14(18(26)27)19(2,3)29-17(13)23;1-18(2)13(17(25)26)21-15(24)12(16(21)27-18)22-14(23)11(20-19(22,3)4)10-8-6-5-7-9-10;1-16(2)11(15(22)23)19-13(21)10(14(19)24-16)18-12(20)9(17)8-6-4-3-5-7-8/h5-10,15-16,19H,4H2,1-3H3,(H,22,24)(H,26,27);4-7,13-14,17H,1-3H3,(H,21,24)(H,26,27);5-9,11-13,16,20H,1-4H3,(H,25,26);3-7,9-11,14H,17H2,1-2H3,(H,18,20)(H,22,23)/t15-,16+,19-;13-,14+,17-;11?,12-,13+,16-;9-,10-,11+,14-/m1111/s1. The van der Waals surface area contributed by atoms with E-state index in [9.17, 15) is 78.0 Å². The number of aromatic nitrogens is 1. The van der Waals surface area contributed by atoms with Crippen molar-refractivity contribution in [3.05, 3.63) is 154 Å². The molecule has 9 aliphatic heterocycles. The monoisotopic (exact) mass is 1590 g/mol. The highest BCUT2D eigenvalue weighted by atomic mass is 35.5. The highest BCUT2D eigenvalue weighted by Gasteiger charge is 2.70. The Morgan fingerprint density at radius 2 is 0.972 bits per heavy atom. The first-order valence-corrected chi connectivity index (χ1v) is 38.7. The van der Waals surface area contributed by atoms with Crippen LogP contribution in [0.2, 0.25) is 5.02 Å². The molecule has 9 aliphatic rings. The van der Waals surface area contributed by atoms with Gasteiger partial charge in [-0.3, -0.25) is 43.7 Å². The minimum absolute atomic E-state index is 0.151. The number of aryl methyl sites for hydroxylation is 1. The number of rotatable bonds is 16. The van der Waals surface area contributed by atoms with Crippen LogP contribution in [0.15, 0.2) is 126 Å². The Morgan fingerprint density at radius 1 is 0.550 bits per heavy atom. The molecular weight excluding hydrogens is 1510 g/mol. The molecule has 1 unspecified atom stereocenters. The van der Waals surface area contributed by atoms with Crippen LogP contribution in [0.3, 0.4) is 0 Å². The van der Waals surface area contributed by atoms with Crippen LogP contribution in [0.5, 0.6) is 5.75 Å². The fraction of sp³-hybridized carbons (Fsp3) is 0.427. The maximum atomic E-state index is 13.2. The summed E-state index contributed by atoms with van der Waals surface area (Å²) in [6, 6.07) is 28.4. The topological polar surface area (TPSA) is 411 Å². The Morgan fingerprint density at radius 3 is 1.45 bits per heavy atom. The second-order valence-corrected chi connectivity index (χ2v) is 37.4. The number of carbonyl (C=O) groups is 12. The van der Waals surface area contributed by atoms with E-state index in [1.165, 1.54) is 66.6 Å². The van der Waals surface area contributed by atoms with Crippen LogP contribution in [0.1, 0.15) is 126 Å². The molecule has 0 bridgehead atoms. The first kappa shape index (κ1) is 79.2. The Labute approximate surface area is 648 Å². The predicted molar refractivity (Wildman–Crippen MR) is 407 cm³/mol. The third kappa shape index (κ3) is 14.0. The molecule has 6 aromatic rings. The number of thioether (sulfide) groups is 4. The molecule has 9 fully saturated rings. The first-order chi connectivity index (χ1) is 51.2. The summed E-state index contributed by atoms with van der Waals surface area (Å²) in [5.41, 5.74) is 8.14. The number of ether oxygens (including phenoxy) is 1. The van der Waals surface area contributed by atoms with E-state index in [-0.39, 0.29) is 45.6 Å². The summed E-state index contributed by atoms with van der Waals surface area (Å²) in [4.78, 5) is 156. The van der Waals surface area contributed by atoms with E-state index in [0.717, 1.165) is 16.3 Å². The molecule has 0 aliphatic carbocycles. The number of nitrogens with one attached hydrogen (secondary N) is 4. The van der Waals surface area contributed by atoms with Gasteiger partial charge in [0.15, 0.2) is 0 Å². The number of amides is 8. The zero-order chi connectivity index (χ0) is 79.4. The number of nitrogens with zero attached hydrogens (tertiary/aromatic N) is 6. The number of fused-ring (bicyclic) bond motifs is 5. The second-order valence-electron chi connectivity index (χ2n) is 29.9. The van der Waals surface area contributed by atoms with E-state index in [4.69, 9.17) is 26.6 Å². The lowest BCUT2D eigenvalue weighted by atomic mass is 9.94. The first-order valence-electron chi connectivity index (χ1n) is 34.8. The summed E-state index contributed by atoms with van der Waals surface area (Å²) in [5.74, 6) is -6.35. The number of β-lactam (4-membered cyclic amide) rings is 4. The molecule has 576 valence electrons. The van der Waals surface area contributed by atoms with Crippen LogP contribution in [-0.2, 0) is 47.9 Å². The largest absolute Gasteiger partial charge is 0.493 e. The zero-order valence-corrected chi connectivity index (χ0v) is 65.1. The summed E-state index contributed by atoms with van der Waals surface area (Å²) in [6.45, 7) is 22.0. The lowest BCUT2D eigenvalue weighted by Gasteiger charge is -2.50. The number of nitrogens with two attached hydrogens (primary N) is 1. The fourth-order valence-electron chi connectivity index (χ4n) is 15.6. The number of benzene rings is 5. The number of halogens is 1. The van der Waals surface area contributed by atoms with Gasteiger partial charge in [0.1, 0.15) is 105 Å². The number of carbonyl (C=O) groups excluding carboxylic acids is 8. The van der Waals surface area contributed by atoms with E-state index in [1.54, 1.807) is 108 Å². The molecule has 9 saturated heterocycles. The molecule has 0 radical (unpaired) electrons. The van der Waals surface area contributed by atoms with Crippen molar-refractivity contribution in [2.24, 2.45) is 5.73 Å². The highest BCUT2D eigenvalue weighted by Crippen LogP contribution is 2.56. The van der Waals surface area contributed by atoms with Crippen LogP contribution < -0.4 is 31.7 Å². The lowest BCUT2D eigenvalue weighted by molar-refractivity contribution is -0.170. The van der Waals surface area contributed by atoms with Gasteiger partial charge >= 0.3 is 23.9 Å². The summed E-state index contributed by atoms with van der Waals surface area (Å²) in [5, 5.41) is 54.0. The Bertz CT molecular complexity index is 4740. The average Bonchev–Trinajstić information content (AvgIpc) is 1.55. The lowest BCUT2D eigenvalue weighted by Crippen LogP contribution is -2.73. The highest BCUT2D eigenvalue weighted by molar-refractivity contribution is 8.02. The summed E-state index contributed by atoms with van der Waals surface area (Å²) >= 11 is 11.8. The number of hydrogen-bond acceptors (Lipinski definition) is 21. The summed E-state index contributed by atoms with van der Waals surface area (Å²) < 4.78 is 8.33. The van der Waals surface area contributed by atoms with Gasteiger partial charge in [-0.2, -0.15) is 0 Å². The Hall–Kier alpha value is -9.38. The van der Waals surface area contributed by atoms with Gasteiger partial charge in [0, 0.05) is 24.6 Å². The van der Waals surface area contributed by atoms with Crippen molar-refractivity contribution in [2.45, 2.75) is 190 Å². The van der Waals surface area contributed by atoms with Gasteiger partial charge in [0.2, 0.25) is 35.4 Å². The van der Waals surface area contributed by atoms with E-state index in [0.29, 0.717) is 39.8 Å². The molecule has 34 heteroatoms. The van der Waals surface area contributed by atoms with E-state index in [1.807, 2.05) is 101 Å². The zero-order valence-electron chi connectivity index (χ0n) is 61.1. The van der Waals surface area contributed by atoms with Gasteiger partial charge < -0.3 is 75.9 Å². The van der Waals surface area contributed by atoms with Gasteiger partial charge in [-0.25, -0.2) is 19.2 Å². The molecule has 5 aromatic carbocycles. The quantitative estimate of drug-likeness (QED) is 0.0452. The van der Waals surface area contributed by atoms with Crippen LogP contribution in [0.4, 0.5) is 0 Å². The van der Waals surface area contributed by atoms with Crippen LogP contribution in [0.25, 0.3) is 22.0 Å². The molecule has 10 N–H and O–H groups in total. The summed E-state index contributed by atoms with van der Waals surface area (Å²) in [7, 11) is 0. The molecular formula is C75H82ClN11O18S4. The van der Waals surface area contributed by atoms with E-state index >= 15 is 0 Å². The Kier molecular flexibility index (Phi) is 21.4. The normalized spacial score (nSPS) is 27.9. The van der Waals surface area contributed by atoms with Crippen molar-refractivity contribution in [2.75, 3.05) is 6.61 Å². The Balaban J connectivity index is 0.000000136. The maximum Gasteiger partial charge on any atom is 0.327 e. The number of aliphatic carboxylic acids is 4. The smallest absolute Gasteiger partial charge is 0.327 e. The minimum Gasteiger partial charge on any atom is -0.493 e. The van der Waals surface area contributed by atoms with E-state index < -0.39 is 143 Å². The molecule has 14 atom stereocenters. The van der Waals surface area contributed by atoms with E-state index in [2.05, 4.69) is 26.4 Å². The number of hydrogen-bond donors (Lipinski definition) is 9. The maximum absolute atomic E-state index is 13.2. The van der Waals surface area contributed by atoms with Crippen LogP contribution >= 0.6 is 58.6 Å². The van der Waals surface area contributed by atoms with Gasteiger partial charge in [-0.05, 0) is 117 Å². The van der Waals surface area contributed by atoms with Crippen LogP contribution in [0, 0.1) is 6.92 Å². The molecule has 1 aromatic heterocycles. The van der Waals surface area contributed by atoms with Crippen LogP contribution in [-0.4, -0.2) is 222 Å². The van der Waals surface area contributed by atoms with Gasteiger partial charge in [0.05, 0.1) is 22.9 Å². The molecule has 29 nitrogen and oxygen atoms in total. The van der Waals surface area contributed by atoms with Crippen molar-refractivity contribution in [3.8, 4) is 17.0 Å². The summed E-state index contributed by atoms with van der Waals surface area (Å²) in [6.07, 6.45) is 0. The van der Waals surface area contributed by atoms with Gasteiger partial charge in [-0.1, -0.05) is 126 Å². The molecule has 0 saturated carbocycles. The molecule has 0 spiro atoms. The second kappa shape index (κ2) is 29.5. The number of carboxylic acid groups (broad SMARTS) is 4. The average molecular weight is 1590 g/mol. The molecule has 10 heterocycles. The third-order valence-corrected chi connectivity index (χ3v) is 27.2. The van der Waals surface area contributed by atoms with Crippen molar-refractivity contribution >= 4 is 141 Å². The SMILES string of the molecule is CC1(C)S[C@@H]2[C@H](N3C(=O)C(c4ccccc4)NC3(C)C)C(=O)N2[C@H]1C(=O)O.CC1(C)S[C@@H]2[C@H](NC(=O)[C@H](N)c3ccccc3)C(=O)N2[C@H]1C(=O)O.CCOc1ccc2ccccc2c1C(=O)N[C@@H]1C(=O)N2[C@@H]1SC(C)(C)[C@@H]2C(=O)O.Cc1onc(-c2ccccc2Cl)c1C(=O)N[C@@H]1C(=O)N2[C@@H]1SC(C)(C)[C@@H]2C(=O)O. The van der Waals surface area contributed by atoms with Gasteiger partial charge in [-0.15, -0.1) is 47.0 Å².